The van der Waals surface area contributed by atoms with Crippen LogP contribution in [0.1, 0.15) is 44.7 Å². The van der Waals surface area contributed by atoms with Gasteiger partial charge in [0.25, 0.3) is 0 Å². The van der Waals surface area contributed by atoms with Crippen molar-refractivity contribution in [1.82, 2.24) is 5.32 Å². The molecule has 7 nitrogen and oxygen atoms in total. The van der Waals surface area contributed by atoms with Gasteiger partial charge in [-0.3, -0.25) is 9.59 Å². The third kappa shape index (κ3) is 4.82. The fourth-order valence-corrected chi connectivity index (χ4v) is 4.08. The lowest BCUT2D eigenvalue weighted by molar-refractivity contribution is -0.129. The van der Waals surface area contributed by atoms with Crippen LogP contribution < -0.4 is 24.4 Å². The van der Waals surface area contributed by atoms with Crippen LogP contribution in [0.4, 0.5) is 5.69 Å². The number of ether oxygens (including phenoxy) is 3. The van der Waals surface area contributed by atoms with Crippen molar-refractivity contribution in [1.29, 1.82) is 0 Å². The molecule has 1 heterocycles. The molecule has 0 radical (unpaired) electrons. The van der Waals surface area contributed by atoms with Gasteiger partial charge in [-0.15, -0.1) is 0 Å². The number of methoxy groups -OCH3 is 3. The fourth-order valence-electron chi connectivity index (χ4n) is 4.08. The van der Waals surface area contributed by atoms with Crippen LogP contribution in [0.15, 0.2) is 42.5 Å². The predicted molar refractivity (Wildman–Crippen MR) is 123 cm³/mol. The molecule has 0 unspecified atom stereocenters. The van der Waals surface area contributed by atoms with Gasteiger partial charge in [0.2, 0.25) is 11.8 Å². The number of carbonyl (C=O) groups excluding carboxylic acids is 2. The zero-order valence-electron chi connectivity index (χ0n) is 19.4. The summed E-state index contributed by atoms with van der Waals surface area (Å²) in [7, 11) is 4.75. The zero-order chi connectivity index (χ0) is 23.3. The SMILES string of the molecule is CC[C@@H](C)NC(=O)[C@@H]1CCC(=O)N(c2ccc(OC)cc2)[C@@H]1c1ccc(OC)c(OC)c1. The zero-order valence-corrected chi connectivity index (χ0v) is 19.4. The monoisotopic (exact) mass is 440 g/mol. The van der Waals surface area contributed by atoms with E-state index in [0.29, 0.717) is 30.1 Å². The molecule has 1 N–H and O–H groups in total. The predicted octanol–water partition coefficient (Wildman–Crippen LogP) is 4.11. The molecule has 32 heavy (non-hydrogen) atoms. The molecule has 2 aromatic rings. The van der Waals surface area contributed by atoms with Crippen LogP contribution in [0, 0.1) is 5.92 Å². The number of carbonyl (C=O) groups is 2. The fraction of sp³-hybridized carbons (Fsp3) is 0.440. The van der Waals surface area contributed by atoms with E-state index in [0.717, 1.165) is 17.7 Å². The highest BCUT2D eigenvalue weighted by Crippen LogP contribution is 2.42. The largest absolute Gasteiger partial charge is 0.497 e. The van der Waals surface area contributed by atoms with E-state index in [-0.39, 0.29) is 17.9 Å². The number of amides is 2. The summed E-state index contributed by atoms with van der Waals surface area (Å²) in [4.78, 5) is 28.2. The first kappa shape index (κ1) is 23.4. The summed E-state index contributed by atoms with van der Waals surface area (Å²) in [6.45, 7) is 4.02. The van der Waals surface area contributed by atoms with E-state index in [1.165, 1.54) is 0 Å². The Kier molecular flexibility index (Phi) is 7.62. The number of hydrogen-bond acceptors (Lipinski definition) is 5. The van der Waals surface area contributed by atoms with Gasteiger partial charge in [0, 0.05) is 18.2 Å². The van der Waals surface area contributed by atoms with Crippen LogP contribution >= 0.6 is 0 Å². The van der Waals surface area contributed by atoms with E-state index < -0.39 is 12.0 Å². The summed E-state index contributed by atoms with van der Waals surface area (Å²) >= 11 is 0. The molecule has 0 saturated carbocycles. The van der Waals surface area contributed by atoms with E-state index in [4.69, 9.17) is 14.2 Å². The summed E-state index contributed by atoms with van der Waals surface area (Å²) < 4.78 is 16.1. The highest BCUT2D eigenvalue weighted by Gasteiger charge is 2.42. The number of nitrogens with one attached hydrogen (secondary N) is 1. The number of benzene rings is 2. The van der Waals surface area contributed by atoms with Gasteiger partial charge in [0.1, 0.15) is 5.75 Å². The Labute approximate surface area is 189 Å². The quantitative estimate of drug-likeness (QED) is 0.668. The van der Waals surface area contributed by atoms with Gasteiger partial charge in [-0.05, 0) is 61.7 Å². The molecule has 172 valence electrons. The minimum Gasteiger partial charge on any atom is -0.497 e. The van der Waals surface area contributed by atoms with Gasteiger partial charge in [0.05, 0.1) is 33.3 Å². The van der Waals surface area contributed by atoms with E-state index in [2.05, 4.69) is 5.32 Å². The molecule has 1 saturated heterocycles. The second-order valence-corrected chi connectivity index (χ2v) is 7.98. The summed E-state index contributed by atoms with van der Waals surface area (Å²) in [5.74, 6) is 1.37. The molecule has 0 aliphatic carbocycles. The minimum atomic E-state index is -0.478. The summed E-state index contributed by atoms with van der Waals surface area (Å²) in [5, 5.41) is 3.10. The van der Waals surface area contributed by atoms with E-state index in [1.54, 1.807) is 26.2 Å². The van der Waals surface area contributed by atoms with Gasteiger partial charge in [-0.25, -0.2) is 0 Å². The normalized spacial score (nSPS) is 19.3. The molecule has 0 aromatic heterocycles. The highest BCUT2D eigenvalue weighted by molar-refractivity contribution is 5.97. The Bertz CT molecular complexity index is 944. The van der Waals surface area contributed by atoms with Crippen LogP contribution in [0.3, 0.4) is 0 Å². The van der Waals surface area contributed by atoms with Crippen molar-refractivity contribution in [2.75, 3.05) is 26.2 Å². The molecule has 1 aliphatic rings. The number of nitrogens with zero attached hydrogens (tertiary/aromatic N) is 1. The van der Waals surface area contributed by atoms with Crippen molar-refractivity contribution in [3.05, 3.63) is 48.0 Å². The van der Waals surface area contributed by atoms with Crippen molar-refractivity contribution < 1.29 is 23.8 Å². The summed E-state index contributed by atoms with van der Waals surface area (Å²) in [5.41, 5.74) is 1.53. The summed E-state index contributed by atoms with van der Waals surface area (Å²) in [6, 6.07) is 12.5. The van der Waals surface area contributed by atoms with Crippen molar-refractivity contribution in [2.24, 2.45) is 5.92 Å². The lowest BCUT2D eigenvalue weighted by atomic mass is 9.82. The van der Waals surface area contributed by atoms with Crippen molar-refractivity contribution in [2.45, 2.75) is 45.2 Å². The van der Waals surface area contributed by atoms with Gasteiger partial charge < -0.3 is 24.4 Å². The van der Waals surface area contributed by atoms with Crippen LogP contribution in [0.25, 0.3) is 0 Å². The molecular weight excluding hydrogens is 408 g/mol. The first-order valence-electron chi connectivity index (χ1n) is 10.9. The number of hydrogen-bond donors (Lipinski definition) is 1. The maximum absolute atomic E-state index is 13.3. The first-order chi connectivity index (χ1) is 15.4. The highest BCUT2D eigenvalue weighted by atomic mass is 16.5. The molecular formula is C25H32N2O5. The maximum Gasteiger partial charge on any atom is 0.227 e. The molecule has 0 spiro atoms. The average Bonchev–Trinajstić information content (AvgIpc) is 2.83. The molecule has 7 heteroatoms. The number of piperidine rings is 1. The van der Waals surface area contributed by atoms with Crippen LogP contribution in [-0.2, 0) is 9.59 Å². The Hall–Kier alpha value is -3.22. The van der Waals surface area contributed by atoms with Crippen molar-refractivity contribution in [3.8, 4) is 17.2 Å². The lowest BCUT2D eigenvalue weighted by Gasteiger charge is -2.41. The second-order valence-electron chi connectivity index (χ2n) is 7.98. The van der Waals surface area contributed by atoms with Gasteiger partial charge in [0.15, 0.2) is 11.5 Å². The van der Waals surface area contributed by atoms with Gasteiger partial charge >= 0.3 is 0 Å². The third-order valence-corrected chi connectivity index (χ3v) is 6.03. The molecule has 1 fully saturated rings. The van der Waals surface area contributed by atoms with E-state index in [1.807, 2.05) is 56.3 Å². The Morgan fingerprint density at radius 3 is 2.34 bits per heavy atom. The number of rotatable bonds is 8. The van der Waals surface area contributed by atoms with Gasteiger partial charge in [-0.2, -0.15) is 0 Å². The standard InChI is InChI=1S/C25H32N2O5/c1-6-16(2)26-25(29)20-12-14-23(28)27(18-8-10-19(30-3)11-9-18)24(20)17-7-13-21(31-4)22(15-17)32-5/h7-11,13,15-16,20,24H,6,12,14H2,1-5H3,(H,26,29)/t16-,20-,24-/m1/s1. The summed E-state index contributed by atoms with van der Waals surface area (Å²) in [6.07, 6.45) is 1.61. The Morgan fingerprint density at radius 1 is 1.06 bits per heavy atom. The van der Waals surface area contributed by atoms with Crippen LogP contribution in [0.2, 0.25) is 0 Å². The molecule has 2 amide bonds. The topological polar surface area (TPSA) is 77.1 Å². The Balaban J connectivity index is 2.09. The lowest BCUT2D eigenvalue weighted by Crippen LogP contribution is -2.49. The smallest absolute Gasteiger partial charge is 0.227 e. The average molecular weight is 441 g/mol. The third-order valence-electron chi connectivity index (χ3n) is 6.03. The molecule has 3 atom stereocenters. The number of anilines is 1. The molecule has 0 bridgehead atoms. The van der Waals surface area contributed by atoms with E-state index >= 15 is 0 Å². The Morgan fingerprint density at radius 2 is 1.75 bits per heavy atom. The van der Waals surface area contributed by atoms with Crippen molar-refractivity contribution in [3.63, 3.8) is 0 Å². The van der Waals surface area contributed by atoms with Gasteiger partial charge in [-0.1, -0.05) is 13.0 Å². The molecule has 2 aromatic carbocycles. The van der Waals surface area contributed by atoms with Crippen LogP contribution in [-0.4, -0.2) is 39.2 Å². The first-order valence-corrected chi connectivity index (χ1v) is 10.9. The molecule has 3 rings (SSSR count). The maximum atomic E-state index is 13.3. The minimum absolute atomic E-state index is 0.0254. The molecule has 1 aliphatic heterocycles. The van der Waals surface area contributed by atoms with Crippen LogP contribution in [0.5, 0.6) is 17.2 Å². The second kappa shape index (κ2) is 10.4. The van der Waals surface area contributed by atoms with Crippen molar-refractivity contribution >= 4 is 17.5 Å². The van der Waals surface area contributed by atoms with E-state index in [9.17, 15) is 9.59 Å².